The molecule has 1 heterocycles. The smallest absolute Gasteiger partial charge is 0.343 e. The summed E-state index contributed by atoms with van der Waals surface area (Å²) in [6.07, 6.45) is 0. The molecule has 1 N–H and O–H groups in total. The second-order valence-corrected chi connectivity index (χ2v) is 5.96. The number of rotatable bonds is 4. The lowest BCUT2D eigenvalue weighted by Crippen LogP contribution is -2.08. The fraction of sp³-hybridized carbons (Fsp3) is 0.105. The van der Waals surface area contributed by atoms with Crippen molar-refractivity contribution < 1.29 is 9.53 Å². The molecule has 0 saturated heterocycles. The number of hydrogen-bond donors (Lipinski definition) is 1. The summed E-state index contributed by atoms with van der Waals surface area (Å²) in [5.41, 5.74) is 2.91. The highest BCUT2D eigenvalue weighted by Crippen LogP contribution is 2.21. The van der Waals surface area contributed by atoms with Gasteiger partial charge in [0.05, 0.1) is 5.56 Å². The quantitative estimate of drug-likeness (QED) is 0.543. The first-order chi connectivity index (χ1) is 12.0. The zero-order valence-corrected chi connectivity index (χ0v) is 14.5. The molecule has 0 radical (unpaired) electrons. The monoisotopic (exact) mass is 353 g/mol. The van der Waals surface area contributed by atoms with Gasteiger partial charge in [-0.15, -0.1) is 0 Å². The van der Waals surface area contributed by atoms with Crippen molar-refractivity contribution in [3.63, 3.8) is 0 Å². The summed E-state index contributed by atoms with van der Waals surface area (Å²) >= 11 is 5.82. The lowest BCUT2D eigenvalue weighted by molar-refractivity contribution is 0.0735. The Balaban J connectivity index is 1.74. The molecular formula is C19H16ClN3O2. The Bertz CT molecular complexity index is 891. The molecule has 126 valence electrons. The molecule has 3 aromatic rings. The van der Waals surface area contributed by atoms with E-state index in [1.165, 1.54) is 0 Å². The van der Waals surface area contributed by atoms with Gasteiger partial charge < -0.3 is 10.1 Å². The minimum atomic E-state index is -0.448. The minimum absolute atomic E-state index is 0.425. The van der Waals surface area contributed by atoms with Gasteiger partial charge in [-0.05, 0) is 56.3 Å². The van der Waals surface area contributed by atoms with Gasteiger partial charge in [-0.25, -0.2) is 14.8 Å². The van der Waals surface area contributed by atoms with Crippen LogP contribution in [0.4, 0.5) is 11.6 Å². The van der Waals surface area contributed by atoms with Crippen LogP contribution in [-0.2, 0) is 0 Å². The fourth-order valence-corrected chi connectivity index (χ4v) is 2.43. The number of esters is 1. The maximum Gasteiger partial charge on any atom is 0.343 e. The van der Waals surface area contributed by atoms with E-state index in [0.717, 1.165) is 17.1 Å². The first-order valence-electron chi connectivity index (χ1n) is 7.67. The average molecular weight is 354 g/mol. The number of aryl methyl sites for hydroxylation is 2. The number of anilines is 2. The number of ether oxygens (including phenoxy) is 1. The van der Waals surface area contributed by atoms with Gasteiger partial charge in [0.25, 0.3) is 0 Å². The van der Waals surface area contributed by atoms with Crippen LogP contribution in [0.25, 0.3) is 0 Å². The molecule has 2 aromatic carbocycles. The van der Waals surface area contributed by atoms with E-state index < -0.39 is 5.97 Å². The first-order valence-corrected chi connectivity index (χ1v) is 8.04. The molecule has 0 aliphatic rings. The molecule has 0 saturated carbocycles. The van der Waals surface area contributed by atoms with Crippen molar-refractivity contribution in [1.82, 2.24) is 9.97 Å². The highest BCUT2D eigenvalue weighted by molar-refractivity contribution is 6.30. The Morgan fingerprint density at radius 2 is 1.68 bits per heavy atom. The third kappa shape index (κ3) is 4.55. The first kappa shape index (κ1) is 16.9. The number of hydrogen-bond acceptors (Lipinski definition) is 5. The van der Waals surface area contributed by atoms with E-state index in [2.05, 4.69) is 15.3 Å². The molecule has 25 heavy (non-hydrogen) atoms. The molecule has 5 nitrogen and oxygen atoms in total. The van der Waals surface area contributed by atoms with E-state index in [-0.39, 0.29) is 0 Å². The lowest BCUT2D eigenvalue weighted by atomic mass is 10.2. The van der Waals surface area contributed by atoms with Crippen LogP contribution in [0.1, 0.15) is 21.7 Å². The summed E-state index contributed by atoms with van der Waals surface area (Å²) < 4.78 is 5.40. The number of halogens is 1. The van der Waals surface area contributed by atoms with E-state index in [0.29, 0.717) is 22.3 Å². The van der Waals surface area contributed by atoms with Gasteiger partial charge in [0.2, 0.25) is 5.95 Å². The van der Waals surface area contributed by atoms with Crippen molar-refractivity contribution in [2.24, 2.45) is 0 Å². The average Bonchev–Trinajstić information content (AvgIpc) is 2.54. The van der Waals surface area contributed by atoms with Crippen LogP contribution in [0, 0.1) is 13.8 Å². The van der Waals surface area contributed by atoms with Crippen LogP contribution in [0.3, 0.4) is 0 Å². The number of carbonyl (C=O) groups excluding carboxylic acids is 1. The molecule has 0 unspecified atom stereocenters. The second kappa shape index (κ2) is 7.32. The van der Waals surface area contributed by atoms with E-state index >= 15 is 0 Å². The van der Waals surface area contributed by atoms with E-state index in [1.807, 2.05) is 26.0 Å². The second-order valence-electron chi connectivity index (χ2n) is 5.52. The number of benzene rings is 2. The molecule has 0 spiro atoms. The number of carbonyl (C=O) groups is 1. The Kier molecular flexibility index (Phi) is 4.95. The largest absolute Gasteiger partial charge is 0.423 e. The summed E-state index contributed by atoms with van der Waals surface area (Å²) in [5, 5.41) is 3.68. The third-order valence-electron chi connectivity index (χ3n) is 3.36. The van der Waals surface area contributed by atoms with Crippen LogP contribution in [0.15, 0.2) is 54.6 Å². The molecule has 0 aliphatic heterocycles. The lowest BCUT2D eigenvalue weighted by Gasteiger charge is -2.09. The Labute approximate surface area is 150 Å². The van der Waals surface area contributed by atoms with Crippen molar-refractivity contribution >= 4 is 29.2 Å². The minimum Gasteiger partial charge on any atom is -0.423 e. The maximum atomic E-state index is 12.2. The van der Waals surface area contributed by atoms with Crippen LogP contribution in [-0.4, -0.2) is 15.9 Å². The van der Waals surface area contributed by atoms with Crippen molar-refractivity contribution in [2.45, 2.75) is 13.8 Å². The standard InChI is InChI=1S/C19H16ClN3O2/c1-12-10-13(2)22-19(21-12)23-16-4-3-5-17(11-16)25-18(24)14-6-8-15(20)9-7-14/h3-11H,1-2H3,(H,21,22,23). The summed E-state index contributed by atoms with van der Waals surface area (Å²) in [6.45, 7) is 3.81. The van der Waals surface area contributed by atoms with E-state index in [9.17, 15) is 4.79 Å². The summed E-state index contributed by atoms with van der Waals surface area (Å²) in [6, 6.07) is 15.5. The molecule has 1 aromatic heterocycles. The Morgan fingerprint density at radius 1 is 1.00 bits per heavy atom. The summed E-state index contributed by atoms with van der Waals surface area (Å²) in [7, 11) is 0. The number of aromatic nitrogens is 2. The predicted octanol–water partition coefficient (Wildman–Crippen LogP) is 4.71. The normalized spacial score (nSPS) is 10.4. The van der Waals surface area contributed by atoms with Crippen molar-refractivity contribution in [1.29, 1.82) is 0 Å². The summed E-state index contributed by atoms with van der Waals surface area (Å²) in [5.74, 6) is 0.476. The predicted molar refractivity (Wildman–Crippen MR) is 97.6 cm³/mol. The van der Waals surface area contributed by atoms with Crippen molar-refractivity contribution in [2.75, 3.05) is 5.32 Å². The highest BCUT2D eigenvalue weighted by Gasteiger charge is 2.09. The van der Waals surface area contributed by atoms with Gasteiger partial charge >= 0.3 is 5.97 Å². The van der Waals surface area contributed by atoms with Gasteiger partial charge in [-0.2, -0.15) is 0 Å². The van der Waals surface area contributed by atoms with Gasteiger partial charge in [0.1, 0.15) is 5.75 Å². The SMILES string of the molecule is Cc1cc(C)nc(Nc2cccc(OC(=O)c3ccc(Cl)cc3)c2)n1. The van der Waals surface area contributed by atoms with Crippen LogP contribution in [0.2, 0.25) is 5.02 Å². The number of nitrogens with one attached hydrogen (secondary N) is 1. The maximum absolute atomic E-state index is 12.2. The third-order valence-corrected chi connectivity index (χ3v) is 3.61. The fourth-order valence-electron chi connectivity index (χ4n) is 2.30. The van der Waals surface area contributed by atoms with Gasteiger partial charge in [-0.1, -0.05) is 17.7 Å². The molecule has 0 amide bonds. The summed E-state index contributed by atoms with van der Waals surface area (Å²) in [4.78, 5) is 20.8. The van der Waals surface area contributed by atoms with Gasteiger partial charge in [-0.3, -0.25) is 0 Å². The molecular weight excluding hydrogens is 338 g/mol. The molecule has 0 aliphatic carbocycles. The van der Waals surface area contributed by atoms with E-state index in [1.54, 1.807) is 42.5 Å². The highest BCUT2D eigenvalue weighted by atomic mass is 35.5. The molecule has 3 rings (SSSR count). The molecule has 0 atom stereocenters. The van der Waals surface area contributed by atoms with Crippen molar-refractivity contribution in [3.8, 4) is 5.75 Å². The topological polar surface area (TPSA) is 64.1 Å². The van der Waals surface area contributed by atoms with Crippen molar-refractivity contribution in [3.05, 3.63) is 76.6 Å². The van der Waals surface area contributed by atoms with Crippen LogP contribution in [0.5, 0.6) is 5.75 Å². The molecule has 0 fully saturated rings. The van der Waals surface area contributed by atoms with E-state index in [4.69, 9.17) is 16.3 Å². The Morgan fingerprint density at radius 3 is 2.36 bits per heavy atom. The van der Waals surface area contributed by atoms with Gasteiger partial charge in [0.15, 0.2) is 0 Å². The van der Waals surface area contributed by atoms with Crippen LogP contribution >= 0.6 is 11.6 Å². The zero-order chi connectivity index (χ0) is 17.8. The zero-order valence-electron chi connectivity index (χ0n) is 13.8. The Hall–Kier alpha value is -2.92. The molecule has 0 bridgehead atoms. The number of nitrogens with zero attached hydrogens (tertiary/aromatic N) is 2. The molecule has 6 heteroatoms. The van der Waals surface area contributed by atoms with Crippen LogP contribution < -0.4 is 10.1 Å². The van der Waals surface area contributed by atoms with Gasteiger partial charge in [0, 0.05) is 28.2 Å².